The summed E-state index contributed by atoms with van der Waals surface area (Å²) in [7, 11) is 0. The van der Waals surface area contributed by atoms with Gasteiger partial charge in [0.2, 0.25) is 0 Å². The van der Waals surface area contributed by atoms with Crippen molar-refractivity contribution in [2.75, 3.05) is 6.61 Å². The van der Waals surface area contributed by atoms with Crippen molar-refractivity contribution in [2.24, 2.45) is 0 Å². The molecule has 84 valence electrons. The highest BCUT2D eigenvalue weighted by molar-refractivity contribution is 9.10. The molecule has 0 fully saturated rings. The SMILES string of the molecule is CCOC(=O)c1cc(Br)c2nc(C)sc2c1. The second-order valence-electron chi connectivity index (χ2n) is 3.26. The Kier molecular flexibility index (Phi) is 3.25. The largest absolute Gasteiger partial charge is 0.462 e. The number of benzene rings is 1. The van der Waals surface area contributed by atoms with Crippen molar-refractivity contribution in [2.45, 2.75) is 13.8 Å². The Morgan fingerprint density at radius 1 is 1.56 bits per heavy atom. The summed E-state index contributed by atoms with van der Waals surface area (Å²) in [4.78, 5) is 16.0. The van der Waals surface area contributed by atoms with Crippen LogP contribution < -0.4 is 0 Å². The van der Waals surface area contributed by atoms with Crippen molar-refractivity contribution in [3.63, 3.8) is 0 Å². The van der Waals surface area contributed by atoms with Crippen molar-refractivity contribution in [1.29, 1.82) is 0 Å². The van der Waals surface area contributed by atoms with Crippen LogP contribution in [0.4, 0.5) is 0 Å². The molecule has 1 heterocycles. The van der Waals surface area contributed by atoms with Crippen LogP contribution in [0.5, 0.6) is 0 Å². The average Bonchev–Trinajstić information content (AvgIpc) is 2.59. The molecule has 0 atom stereocenters. The number of hydrogen-bond donors (Lipinski definition) is 0. The van der Waals surface area contributed by atoms with E-state index in [0.717, 1.165) is 19.7 Å². The predicted octanol–water partition coefficient (Wildman–Crippen LogP) is 3.54. The van der Waals surface area contributed by atoms with E-state index >= 15 is 0 Å². The molecule has 3 nitrogen and oxygen atoms in total. The Morgan fingerprint density at radius 2 is 2.31 bits per heavy atom. The fourth-order valence-corrected chi connectivity index (χ4v) is 3.01. The van der Waals surface area contributed by atoms with Gasteiger partial charge in [-0.2, -0.15) is 0 Å². The number of esters is 1. The van der Waals surface area contributed by atoms with Crippen LogP contribution in [-0.2, 0) is 4.74 Å². The van der Waals surface area contributed by atoms with Gasteiger partial charge in [0.25, 0.3) is 0 Å². The number of rotatable bonds is 2. The van der Waals surface area contributed by atoms with Crippen LogP contribution in [0.1, 0.15) is 22.3 Å². The Balaban J connectivity index is 2.53. The summed E-state index contributed by atoms with van der Waals surface area (Å²) in [6.07, 6.45) is 0. The van der Waals surface area contributed by atoms with E-state index in [9.17, 15) is 4.79 Å². The number of ether oxygens (including phenoxy) is 1. The monoisotopic (exact) mass is 299 g/mol. The summed E-state index contributed by atoms with van der Waals surface area (Å²) in [5.74, 6) is -0.295. The normalized spacial score (nSPS) is 10.7. The van der Waals surface area contributed by atoms with E-state index in [0.29, 0.717) is 12.2 Å². The lowest BCUT2D eigenvalue weighted by molar-refractivity contribution is 0.0526. The van der Waals surface area contributed by atoms with Gasteiger partial charge in [-0.15, -0.1) is 11.3 Å². The summed E-state index contributed by atoms with van der Waals surface area (Å²) < 4.78 is 6.79. The number of halogens is 1. The number of aromatic nitrogens is 1. The average molecular weight is 300 g/mol. The molecule has 1 aromatic carbocycles. The molecular weight excluding hydrogens is 290 g/mol. The summed E-state index contributed by atoms with van der Waals surface area (Å²) >= 11 is 4.98. The van der Waals surface area contributed by atoms with Crippen LogP contribution >= 0.6 is 27.3 Å². The van der Waals surface area contributed by atoms with Crippen LogP contribution in [0, 0.1) is 6.92 Å². The molecule has 0 spiro atoms. The van der Waals surface area contributed by atoms with Gasteiger partial charge < -0.3 is 4.74 Å². The summed E-state index contributed by atoms with van der Waals surface area (Å²) in [5, 5.41) is 0.983. The number of thiazole rings is 1. The molecule has 0 aliphatic rings. The van der Waals surface area contributed by atoms with Crippen LogP contribution in [0.25, 0.3) is 10.2 Å². The van der Waals surface area contributed by atoms with Crippen LogP contribution in [0.15, 0.2) is 16.6 Å². The first kappa shape index (κ1) is 11.5. The second kappa shape index (κ2) is 4.51. The first-order valence-electron chi connectivity index (χ1n) is 4.85. The highest BCUT2D eigenvalue weighted by atomic mass is 79.9. The molecule has 2 rings (SSSR count). The maximum absolute atomic E-state index is 11.6. The molecule has 0 amide bonds. The zero-order chi connectivity index (χ0) is 11.7. The van der Waals surface area contributed by atoms with E-state index in [1.54, 1.807) is 24.3 Å². The minimum Gasteiger partial charge on any atom is -0.462 e. The first-order chi connectivity index (χ1) is 7.61. The zero-order valence-electron chi connectivity index (χ0n) is 8.91. The third kappa shape index (κ3) is 2.10. The third-order valence-electron chi connectivity index (χ3n) is 2.07. The number of carbonyl (C=O) groups excluding carboxylic acids is 1. The molecule has 0 bridgehead atoms. The standard InChI is InChI=1S/C11H10BrNO2S/c1-3-15-11(14)7-4-8(12)10-9(5-7)16-6(2)13-10/h4-5H,3H2,1-2H3. The maximum Gasteiger partial charge on any atom is 0.338 e. The van der Waals surface area contributed by atoms with Crippen molar-refractivity contribution in [1.82, 2.24) is 4.98 Å². The first-order valence-corrected chi connectivity index (χ1v) is 6.46. The van der Waals surface area contributed by atoms with Crippen molar-refractivity contribution < 1.29 is 9.53 Å². The molecule has 0 saturated carbocycles. The minimum absolute atomic E-state index is 0.295. The summed E-state index contributed by atoms with van der Waals surface area (Å²) in [6.45, 7) is 4.12. The molecule has 0 radical (unpaired) electrons. The van der Waals surface area contributed by atoms with Crippen LogP contribution in [0.3, 0.4) is 0 Å². The minimum atomic E-state index is -0.295. The molecule has 2 aromatic rings. The molecule has 0 aliphatic heterocycles. The Labute approximate surface area is 106 Å². The van der Waals surface area contributed by atoms with E-state index in [2.05, 4.69) is 20.9 Å². The molecular formula is C11H10BrNO2S. The van der Waals surface area contributed by atoms with Gasteiger partial charge in [0.1, 0.15) is 0 Å². The highest BCUT2D eigenvalue weighted by Crippen LogP contribution is 2.29. The molecule has 5 heteroatoms. The number of nitrogens with zero attached hydrogens (tertiary/aromatic N) is 1. The van der Waals surface area contributed by atoms with Crippen LogP contribution in [-0.4, -0.2) is 17.6 Å². The van der Waals surface area contributed by atoms with Gasteiger partial charge in [-0.25, -0.2) is 9.78 Å². The fourth-order valence-electron chi connectivity index (χ4n) is 1.43. The number of fused-ring (bicyclic) bond motifs is 1. The lowest BCUT2D eigenvalue weighted by atomic mass is 10.2. The molecule has 1 aromatic heterocycles. The Morgan fingerprint density at radius 3 is 3.00 bits per heavy atom. The molecule has 0 N–H and O–H groups in total. The second-order valence-corrected chi connectivity index (χ2v) is 5.35. The maximum atomic E-state index is 11.6. The van der Waals surface area contributed by atoms with Gasteiger partial charge in [0, 0.05) is 4.47 Å². The molecule has 16 heavy (non-hydrogen) atoms. The lowest BCUT2D eigenvalue weighted by Gasteiger charge is -2.02. The van der Waals surface area contributed by atoms with Gasteiger partial charge in [-0.1, -0.05) is 0 Å². The van der Waals surface area contributed by atoms with Gasteiger partial charge in [-0.3, -0.25) is 0 Å². The van der Waals surface area contributed by atoms with Crippen LogP contribution in [0.2, 0.25) is 0 Å². The smallest absolute Gasteiger partial charge is 0.338 e. The topological polar surface area (TPSA) is 39.2 Å². The van der Waals surface area contributed by atoms with Gasteiger partial charge >= 0.3 is 5.97 Å². The lowest BCUT2D eigenvalue weighted by Crippen LogP contribution is -2.04. The van der Waals surface area contributed by atoms with E-state index in [1.807, 2.05) is 13.0 Å². The number of carbonyl (C=O) groups is 1. The van der Waals surface area contributed by atoms with E-state index in [1.165, 1.54) is 0 Å². The zero-order valence-corrected chi connectivity index (χ0v) is 11.3. The van der Waals surface area contributed by atoms with E-state index < -0.39 is 0 Å². The van der Waals surface area contributed by atoms with Crippen molar-refractivity contribution in [3.05, 3.63) is 27.2 Å². The Hall–Kier alpha value is -0.940. The van der Waals surface area contributed by atoms with Gasteiger partial charge in [0.05, 0.1) is 27.4 Å². The summed E-state index contributed by atoms with van der Waals surface area (Å²) in [6, 6.07) is 3.57. The van der Waals surface area contributed by atoms with Gasteiger partial charge in [0.15, 0.2) is 0 Å². The van der Waals surface area contributed by atoms with Gasteiger partial charge in [-0.05, 0) is 41.9 Å². The quantitative estimate of drug-likeness (QED) is 0.796. The third-order valence-corrected chi connectivity index (χ3v) is 3.59. The molecule has 0 aliphatic carbocycles. The molecule has 0 saturated heterocycles. The number of hydrogen-bond acceptors (Lipinski definition) is 4. The predicted molar refractivity (Wildman–Crippen MR) is 68.0 cm³/mol. The van der Waals surface area contributed by atoms with Crippen molar-refractivity contribution in [3.8, 4) is 0 Å². The fraction of sp³-hybridized carbons (Fsp3) is 0.273. The summed E-state index contributed by atoms with van der Waals surface area (Å²) in [5.41, 5.74) is 1.46. The Bertz CT molecular complexity index is 550. The highest BCUT2D eigenvalue weighted by Gasteiger charge is 2.12. The number of aryl methyl sites for hydroxylation is 1. The van der Waals surface area contributed by atoms with E-state index in [4.69, 9.17) is 4.74 Å². The molecule has 0 unspecified atom stereocenters. The van der Waals surface area contributed by atoms with E-state index in [-0.39, 0.29) is 5.97 Å². The van der Waals surface area contributed by atoms with Crippen molar-refractivity contribution >= 4 is 43.5 Å².